The van der Waals surface area contributed by atoms with Crippen molar-refractivity contribution in [3.8, 4) is 0 Å². The fourth-order valence-corrected chi connectivity index (χ4v) is 3.31. The number of hydrogen-bond acceptors (Lipinski definition) is 6. The zero-order valence-corrected chi connectivity index (χ0v) is 15.2. The number of allylic oxidation sites excluding steroid dienone is 1. The summed E-state index contributed by atoms with van der Waals surface area (Å²) in [6.45, 7) is 3.33. The Labute approximate surface area is 151 Å². The third-order valence-electron chi connectivity index (χ3n) is 2.91. The molecular weight excluding hydrogens is 420 g/mol. The average Bonchev–Trinajstić information content (AvgIpc) is 2.56. The molecule has 15 heteroatoms. The normalized spacial score (nSPS) is 11.9. The Hall–Kier alpha value is -2.19. The Morgan fingerprint density at radius 2 is 1.67 bits per heavy atom. The van der Waals surface area contributed by atoms with Gasteiger partial charge in [-0.2, -0.15) is 8.42 Å². The standard InChI is InChI=1S/C12H12F4N4O5S2/c1-6(2)26(21,22)18-4-3-5-25-27(23,24)12-9(15)7(13)11(19-20-17)8(14)10(12)16/h18H,1,3-5H2,2H3. The smallest absolute Gasteiger partial charge is 0.266 e. The lowest BCUT2D eigenvalue weighted by Gasteiger charge is -2.11. The van der Waals surface area contributed by atoms with Gasteiger partial charge in [0.2, 0.25) is 10.0 Å². The van der Waals surface area contributed by atoms with E-state index in [4.69, 9.17) is 5.53 Å². The van der Waals surface area contributed by atoms with Gasteiger partial charge < -0.3 is 0 Å². The monoisotopic (exact) mass is 432 g/mol. The van der Waals surface area contributed by atoms with Crippen LogP contribution in [0.5, 0.6) is 0 Å². The molecule has 0 aliphatic heterocycles. The summed E-state index contributed by atoms with van der Waals surface area (Å²) in [7, 11) is -9.10. The van der Waals surface area contributed by atoms with Crippen LogP contribution in [0.1, 0.15) is 13.3 Å². The molecule has 1 aromatic rings. The van der Waals surface area contributed by atoms with Gasteiger partial charge in [-0.05, 0) is 18.9 Å². The molecule has 0 bridgehead atoms. The number of sulfonamides is 1. The van der Waals surface area contributed by atoms with E-state index in [2.05, 4.69) is 15.9 Å². The highest BCUT2D eigenvalue weighted by molar-refractivity contribution is 7.93. The Morgan fingerprint density at radius 1 is 1.15 bits per heavy atom. The predicted octanol–water partition coefficient (Wildman–Crippen LogP) is 2.73. The van der Waals surface area contributed by atoms with E-state index in [9.17, 15) is 34.4 Å². The number of azide groups is 1. The number of rotatable bonds is 9. The van der Waals surface area contributed by atoms with Gasteiger partial charge in [0.15, 0.2) is 28.2 Å². The van der Waals surface area contributed by atoms with Crippen LogP contribution in [0.2, 0.25) is 0 Å². The number of halogens is 4. The van der Waals surface area contributed by atoms with Crippen molar-refractivity contribution in [3.63, 3.8) is 0 Å². The maximum atomic E-state index is 13.8. The molecule has 0 aliphatic rings. The Kier molecular flexibility index (Phi) is 7.33. The molecule has 150 valence electrons. The molecule has 0 spiro atoms. The van der Waals surface area contributed by atoms with E-state index in [0.717, 1.165) is 0 Å². The molecule has 0 saturated carbocycles. The van der Waals surface area contributed by atoms with Gasteiger partial charge in [0.05, 0.1) is 6.61 Å². The maximum Gasteiger partial charge on any atom is 0.303 e. The van der Waals surface area contributed by atoms with Gasteiger partial charge in [-0.3, -0.25) is 4.18 Å². The number of nitrogens with zero attached hydrogens (tertiary/aromatic N) is 3. The first kappa shape index (κ1) is 22.9. The lowest BCUT2D eigenvalue weighted by atomic mass is 10.2. The second kappa shape index (κ2) is 8.67. The largest absolute Gasteiger partial charge is 0.303 e. The molecule has 0 saturated heterocycles. The molecule has 0 aromatic heterocycles. The highest BCUT2D eigenvalue weighted by atomic mass is 32.2. The summed E-state index contributed by atoms with van der Waals surface area (Å²) in [6, 6.07) is 0. The van der Waals surface area contributed by atoms with E-state index in [1.165, 1.54) is 6.92 Å². The molecule has 0 amide bonds. The highest BCUT2D eigenvalue weighted by Crippen LogP contribution is 2.33. The zero-order chi connectivity index (χ0) is 21.0. The molecular formula is C12H12F4N4O5S2. The van der Waals surface area contributed by atoms with Crippen molar-refractivity contribution in [1.29, 1.82) is 0 Å². The zero-order valence-electron chi connectivity index (χ0n) is 13.5. The Balaban J connectivity index is 3.00. The quantitative estimate of drug-likeness (QED) is 0.122. The van der Waals surface area contributed by atoms with Gasteiger partial charge in [-0.1, -0.05) is 11.7 Å². The second-order valence-electron chi connectivity index (χ2n) is 4.85. The van der Waals surface area contributed by atoms with E-state index >= 15 is 0 Å². The first-order valence-corrected chi connectivity index (χ1v) is 9.71. The van der Waals surface area contributed by atoms with Crippen molar-refractivity contribution in [1.82, 2.24) is 4.72 Å². The average molecular weight is 432 g/mol. The number of nitrogens with one attached hydrogen (secondary N) is 1. The van der Waals surface area contributed by atoms with Crippen molar-refractivity contribution in [3.05, 3.63) is 45.2 Å². The van der Waals surface area contributed by atoms with Crippen molar-refractivity contribution in [2.45, 2.75) is 18.2 Å². The highest BCUT2D eigenvalue weighted by Gasteiger charge is 2.33. The molecule has 27 heavy (non-hydrogen) atoms. The third kappa shape index (κ3) is 5.17. The fourth-order valence-electron chi connectivity index (χ4n) is 1.58. The third-order valence-corrected chi connectivity index (χ3v) is 5.74. The van der Waals surface area contributed by atoms with Crippen LogP contribution in [-0.4, -0.2) is 30.0 Å². The first-order valence-electron chi connectivity index (χ1n) is 6.82. The lowest BCUT2D eigenvalue weighted by molar-refractivity contribution is 0.305. The van der Waals surface area contributed by atoms with Gasteiger partial charge in [0.1, 0.15) is 5.69 Å². The minimum Gasteiger partial charge on any atom is -0.266 e. The van der Waals surface area contributed by atoms with Gasteiger partial charge in [0, 0.05) is 16.4 Å². The van der Waals surface area contributed by atoms with Gasteiger partial charge in [-0.25, -0.2) is 30.7 Å². The van der Waals surface area contributed by atoms with Crippen LogP contribution in [-0.2, 0) is 24.3 Å². The van der Waals surface area contributed by atoms with E-state index in [1.54, 1.807) is 0 Å². The minimum atomic E-state index is -5.29. The Morgan fingerprint density at radius 3 is 2.11 bits per heavy atom. The molecule has 0 atom stereocenters. The van der Waals surface area contributed by atoms with Crippen LogP contribution >= 0.6 is 0 Å². The Bertz CT molecular complexity index is 992. The number of benzene rings is 1. The van der Waals surface area contributed by atoms with E-state index in [-0.39, 0.29) is 17.9 Å². The molecule has 1 aromatic carbocycles. The number of hydrogen-bond donors (Lipinski definition) is 1. The van der Waals surface area contributed by atoms with Crippen molar-refractivity contribution in [2.24, 2.45) is 5.11 Å². The molecule has 0 fully saturated rings. The molecule has 0 aliphatic carbocycles. The van der Waals surface area contributed by atoms with Gasteiger partial charge >= 0.3 is 10.1 Å². The molecule has 1 rings (SSSR count). The first-order chi connectivity index (χ1) is 12.4. The summed E-state index contributed by atoms with van der Waals surface area (Å²) >= 11 is 0. The molecule has 0 radical (unpaired) electrons. The summed E-state index contributed by atoms with van der Waals surface area (Å²) in [5.41, 5.74) is 6.44. The van der Waals surface area contributed by atoms with E-state index in [0.29, 0.717) is 0 Å². The molecule has 0 unspecified atom stereocenters. The summed E-state index contributed by atoms with van der Waals surface area (Å²) in [5.74, 6) is -9.11. The van der Waals surface area contributed by atoms with Crippen LogP contribution in [0.3, 0.4) is 0 Å². The van der Waals surface area contributed by atoms with Crippen LogP contribution in [0.4, 0.5) is 23.2 Å². The molecule has 9 nitrogen and oxygen atoms in total. The van der Waals surface area contributed by atoms with Gasteiger partial charge in [0.25, 0.3) is 0 Å². The van der Waals surface area contributed by atoms with Crippen LogP contribution in [0.15, 0.2) is 21.5 Å². The lowest BCUT2D eigenvalue weighted by Crippen LogP contribution is -2.26. The minimum absolute atomic E-state index is 0.203. The summed E-state index contributed by atoms with van der Waals surface area (Å²) in [5, 5.41) is 2.42. The van der Waals surface area contributed by atoms with Crippen molar-refractivity contribution >= 4 is 25.8 Å². The van der Waals surface area contributed by atoms with E-state index < -0.39 is 60.6 Å². The molecule has 0 heterocycles. The SMILES string of the molecule is C=C(C)S(=O)(=O)NCCCOS(=O)(=O)c1c(F)c(F)c(N=[N+]=[N-])c(F)c1F. The van der Waals surface area contributed by atoms with Crippen LogP contribution in [0, 0.1) is 23.3 Å². The summed E-state index contributed by atoms with van der Waals surface area (Å²) < 4.78 is 108. The second-order valence-corrected chi connectivity index (χ2v) is 8.40. The topological polar surface area (TPSA) is 138 Å². The van der Waals surface area contributed by atoms with Crippen molar-refractivity contribution in [2.75, 3.05) is 13.2 Å². The van der Waals surface area contributed by atoms with Gasteiger partial charge in [-0.15, -0.1) is 0 Å². The molecule has 1 N–H and O–H groups in total. The summed E-state index contributed by atoms with van der Waals surface area (Å²) in [4.78, 5) is -0.274. The van der Waals surface area contributed by atoms with E-state index in [1.807, 2.05) is 9.63 Å². The van der Waals surface area contributed by atoms with Crippen LogP contribution < -0.4 is 4.72 Å². The fraction of sp³-hybridized carbons (Fsp3) is 0.333. The van der Waals surface area contributed by atoms with Crippen LogP contribution in [0.25, 0.3) is 10.4 Å². The summed E-state index contributed by atoms with van der Waals surface area (Å²) in [6.07, 6.45) is -0.267. The predicted molar refractivity (Wildman–Crippen MR) is 84.6 cm³/mol. The van der Waals surface area contributed by atoms with Crippen molar-refractivity contribution < 1.29 is 38.6 Å². The maximum absolute atomic E-state index is 13.8.